The summed E-state index contributed by atoms with van der Waals surface area (Å²) in [6, 6.07) is 21.5. The first-order valence-electron chi connectivity index (χ1n) is 10.3. The van der Waals surface area contributed by atoms with Gasteiger partial charge in [-0.2, -0.15) is 0 Å². The Kier molecular flexibility index (Phi) is 4.12. The van der Waals surface area contributed by atoms with Crippen molar-refractivity contribution in [2.45, 2.75) is 45.2 Å². The zero-order valence-electron chi connectivity index (χ0n) is 16.5. The monoisotopic (exact) mass is 370 g/mol. The summed E-state index contributed by atoms with van der Waals surface area (Å²) >= 11 is 0. The number of carbonyl (C=O) groups excluding carboxylic acids is 1. The standard InChI is InChI=1S/C25H26N2O/c1-17(2)18-9-11-19(12-10-18)24-23-8-5-15-26(23)22-7-4-3-6-21(22)16-27(24)25(28)20-13-14-20/h3-12,15,17,20,24H,13-14,16H2,1-2H3. The van der Waals surface area contributed by atoms with E-state index in [1.807, 2.05) is 0 Å². The lowest BCUT2D eigenvalue weighted by Gasteiger charge is -2.31. The molecule has 0 N–H and O–H groups in total. The van der Waals surface area contributed by atoms with Gasteiger partial charge < -0.3 is 9.47 Å². The minimum Gasteiger partial charge on any atom is -0.325 e. The number of carbonyl (C=O) groups is 1. The summed E-state index contributed by atoms with van der Waals surface area (Å²) in [4.78, 5) is 15.4. The first-order valence-corrected chi connectivity index (χ1v) is 10.3. The molecule has 142 valence electrons. The summed E-state index contributed by atoms with van der Waals surface area (Å²) in [7, 11) is 0. The molecule has 0 saturated heterocycles. The van der Waals surface area contributed by atoms with Crippen molar-refractivity contribution in [3.63, 3.8) is 0 Å². The minimum atomic E-state index is -0.0586. The van der Waals surface area contributed by atoms with Crippen molar-refractivity contribution in [1.82, 2.24) is 9.47 Å². The van der Waals surface area contributed by atoms with Crippen LogP contribution in [0.1, 0.15) is 61.0 Å². The molecule has 0 bridgehead atoms. The highest BCUT2D eigenvalue weighted by Gasteiger charge is 2.39. The van der Waals surface area contributed by atoms with Gasteiger partial charge in [-0.1, -0.05) is 56.3 Å². The Morgan fingerprint density at radius 2 is 1.71 bits per heavy atom. The summed E-state index contributed by atoms with van der Waals surface area (Å²) in [5, 5.41) is 0. The summed E-state index contributed by atoms with van der Waals surface area (Å²) < 4.78 is 2.26. The summed E-state index contributed by atoms with van der Waals surface area (Å²) in [6.45, 7) is 5.08. The van der Waals surface area contributed by atoms with Crippen molar-refractivity contribution in [2.75, 3.05) is 0 Å². The van der Waals surface area contributed by atoms with Gasteiger partial charge in [0.15, 0.2) is 0 Å². The third-order valence-corrected chi connectivity index (χ3v) is 6.09. The predicted octanol–water partition coefficient (Wildman–Crippen LogP) is 5.44. The van der Waals surface area contributed by atoms with Gasteiger partial charge in [0.25, 0.3) is 0 Å². The fourth-order valence-corrected chi connectivity index (χ4v) is 4.33. The van der Waals surface area contributed by atoms with E-state index in [9.17, 15) is 4.79 Å². The number of hydrogen-bond donors (Lipinski definition) is 0. The van der Waals surface area contributed by atoms with Crippen LogP contribution in [0.3, 0.4) is 0 Å². The molecule has 1 amide bonds. The van der Waals surface area contributed by atoms with Crippen molar-refractivity contribution in [1.29, 1.82) is 0 Å². The van der Waals surface area contributed by atoms with Crippen LogP contribution in [-0.4, -0.2) is 15.4 Å². The van der Waals surface area contributed by atoms with Gasteiger partial charge in [0.2, 0.25) is 5.91 Å². The maximum atomic E-state index is 13.3. The molecule has 3 nitrogen and oxygen atoms in total. The van der Waals surface area contributed by atoms with Crippen LogP contribution in [0.25, 0.3) is 5.69 Å². The van der Waals surface area contributed by atoms with Crippen molar-refractivity contribution in [3.8, 4) is 5.69 Å². The molecule has 3 heteroatoms. The number of hydrogen-bond acceptors (Lipinski definition) is 1. The van der Waals surface area contributed by atoms with Gasteiger partial charge in [-0.25, -0.2) is 0 Å². The van der Waals surface area contributed by atoms with Crippen LogP contribution in [0.4, 0.5) is 0 Å². The van der Waals surface area contributed by atoms with Gasteiger partial charge in [-0.05, 0) is 53.6 Å². The smallest absolute Gasteiger partial charge is 0.226 e. The second-order valence-electron chi connectivity index (χ2n) is 8.40. The number of para-hydroxylation sites is 1. The summed E-state index contributed by atoms with van der Waals surface area (Å²) in [5.41, 5.74) is 6.06. The zero-order chi connectivity index (χ0) is 19.3. The van der Waals surface area contributed by atoms with Crippen LogP contribution >= 0.6 is 0 Å². The maximum Gasteiger partial charge on any atom is 0.226 e. The summed E-state index contributed by atoms with van der Waals surface area (Å²) in [5.74, 6) is 0.994. The maximum absolute atomic E-state index is 13.3. The lowest BCUT2D eigenvalue weighted by molar-refractivity contribution is -0.135. The normalized spacial score (nSPS) is 18.5. The highest BCUT2D eigenvalue weighted by molar-refractivity contribution is 5.82. The van der Waals surface area contributed by atoms with Gasteiger partial charge in [0.05, 0.1) is 11.7 Å². The fourth-order valence-electron chi connectivity index (χ4n) is 4.33. The topological polar surface area (TPSA) is 25.2 Å². The van der Waals surface area contributed by atoms with Crippen LogP contribution in [0.2, 0.25) is 0 Å². The lowest BCUT2D eigenvalue weighted by atomic mass is 9.96. The average molecular weight is 370 g/mol. The van der Waals surface area contributed by atoms with Gasteiger partial charge in [0, 0.05) is 24.4 Å². The molecule has 5 rings (SSSR count). The number of benzene rings is 2. The molecule has 1 unspecified atom stereocenters. The highest BCUT2D eigenvalue weighted by atomic mass is 16.2. The largest absolute Gasteiger partial charge is 0.325 e. The molecule has 28 heavy (non-hydrogen) atoms. The minimum absolute atomic E-state index is 0.0586. The van der Waals surface area contributed by atoms with Gasteiger partial charge in [-0.3, -0.25) is 4.79 Å². The van der Waals surface area contributed by atoms with Crippen LogP contribution in [0.15, 0.2) is 66.9 Å². The van der Waals surface area contributed by atoms with E-state index in [1.54, 1.807) is 0 Å². The molecule has 0 spiro atoms. The molecule has 1 saturated carbocycles. The molecule has 1 fully saturated rings. The SMILES string of the molecule is CC(C)c1ccc(C2c3cccn3-c3ccccc3CN2C(=O)C2CC2)cc1. The van der Waals surface area contributed by atoms with Crippen LogP contribution < -0.4 is 0 Å². The highest BCUT2D eigenvalue weighted by Crippen LogP contribution is 2.41. The van der Waals surface area contributed by atoms with E-state index in [1.165, 1.54) is 22.4 Å². The molecule has 1 aliphatic carbocycles. The third kappa shape index (κ3) is 2.86. The van der Waals surface area contributed by atoms with E-state index in [0.29, 0.717) is 18.4 Å². The van der Waals surface area contributed by atoms with Gasteiger partial charge in [-0.15, -0.1) is 0 Å². The molecule has 1 atom stereocenters. The Balaban J connectivity index is 1.67. The molecule has 0 radical (unpaired) electrons. The Bertz CT molecular complexity index is 1010. The second-order valence-corrected chi connectivity index (χ2v) is 8.40. The molecule has 1 aliphatic heterocycles. The predicted molar refractivity (Wildman–Crippen MR) is 111 cm³/mol. The molecule has 1 aromatic heterocycles. The number of fused-ring (bicyclic) bond motifs is 3. The Labute approximate surface area is 166 Å². The molecule has 3 aromatic rings. The van der Waals surface area contributed by atoms with Crippen molar-refractivity contribution in [2.24, 2.45) is 5.92 Å². The fraction of sp³-hybridized carbons (Fsp3) is 0.320. The van der Waals surface area contributed by atoms with E-state index in [4.69, 9.17) is 0 Å². The number of amides is 1. The molecule has 2 aliphatic rings. The quantitative estimate of drug-likeness (QED) is 0.602. The summed E-state index contributed by atoms with van der Waals surface area (Å²) in [6.07, 6.45) is 4.17. The first kappa shape index (κ1) is 17.3. The molecule has 2 heterocycles. The van der Waals surface area contributed by atoms with E-state index < -0.39 is 0 Å². The van der Waals surface area contributed by atoms with E-state index in [0.717, 1.165) is 18.5 Å². The van der Waals surface area contributed by atoms with Crippen LogP contribution in [0.5, 0.6) is 0 Å². The Morgan fingerprint density at radius 3 is 2.43 bits per heavy atom. The average Bonchev–Trinajstić information content (AvgIpc) is 3.48. The van der Waals surface area contributed by atoms with Gasteiger partial charge in [0.1, 0.15) is 0 Å². The van der Waals surface area contributed by atoms with E-state index in [-0.39, 0.29) is 12.0 Å². The molecular formula is C25H26N2O. The van der Waals surface area contributed by atoms with Crippen molar-refractivity contribution < 1.29 is 4.79 Å². The van der Waals surface area contributed by atoms with E-state index in [2.05, 4.69) is 90.2 Å². The number of aromatic nitrogens is 1. The lowest BCUT2D eigenvalue weighted by Crippen LogP contribution is -2.35. The zero-order valence-corrected chi connectivity index (χ0v) is 16.5. The third-order valence-electron chi connectivity index (χ3n) is 6.09. The van der Waals surface area contributed by atoms with Crippen molar-refractivity contribution >= 4 is 5.91 Å². The van der Waals surface area contributed by atoms with Crippen molar-refractivity contribution in [3.05, 3.63) is 89.2 Å². The molecular weight excluding hydrogens is 344 g/mol. The van der Waals surface area contributed by atoms with Gasteiger partial charge >= 0.3 is 0 Å². The second kappa shape index (κ2) is 6.66. The first-order chi connectivity index (χ1) is 13.6. The van der Waals surface area contributed by atoms with Crippen LogP contribution in [0, 0.1) is 5.92 Å². The Hall–Kier alpha value is -2.81. The Morgan fingerprint density at radius 1 is 0.964 bits per heavy atom. The van der Waals surface area contributed by atoms with E-state index >= 15 is 0 Å². The number of rotatable bonds is 3. The number of nitrogens with zero attached hydrogens (tertiary/aromatic N) is 2. The van der Waals surface area contributed by atoms with Crippen LogP contribution in [-0.2, 0) is 11.3 Å². The molecule has 2 aromatic carbocycles.